The summed E-state index contributed by atoms with van der Waals surface area (Å²) in [6, 6.07) is 8.04. The number of aryl methyl sites for hydroxylation is 1. The van der Waals surface area contributed by atoms with E-state index in [9.17, 15) is 5.11 Å². The first kappa shape index (κ1) is 11.2. The fraction of sp³-hybridized carbons (Fsp3) is 0.231. The molecule has 2 rings (SSSR count). The Bertz CT molecular complexity index is 488. The van der Waals surface area contributed by atoms with Crippen LogP contribution >= 0.6 is 11.3 Å². The quantitative estimate of drug-likeness (QED) is 0.883. The molecule has 0 aliphatic carbocycles. The number of hydrogen-bond donors (Lipinski definition) is 1. The van der Waals surface area contributed by atoms with Crippen molar-refractivity contribution in [2.75, 3.05) is 7.11 Å². The summed E-state index contributed by atoms with van der Waals surface area (Å²) in [7, 11) is 1.61. The molecule has 3 heteroatoms. The number of aliphatic hydroxyl groups is 1. The first-order valence-corrected chi connectivity index (χ1v) is 5.96. The number of thiophene rings is 1. The Labute approximate surface area is 99.1 Å². The average molecular weight is 234 g/mol. The minimum atomic E-state index is 0.00136. The van der Waals surface area contributed by atoms with Gasteiger partial charge in [0.15, 0.2) is 0 Å². The van der Waals surface area contributed by atoms with Crippen molar-refractivity contribution in [3.63, 3.8) is 0 Å². The van der Waals surface area contributed by atoms with Crippen molar-refractivity contribution in [3.8, 4) is 16.2 Å². The van der Waals surface area contributed by atoms with Gasteiger partial charge >= 0.3 is 0 Å². The van der Waals surface area contributed by atoms with Gasteiger partial charge in [0, 0.05) is 10.4 Å². The van der Waals surface area contributed by atoms with E-state index in [1.807, 2.05) is 18.2 Å². The largest absolute Gasteiger partial charge is 0.496 e. The number of ether oxygens (including phenoxy) is 1. The van der Waals surface area contributed by atoms with Crippen LogP contribution in [-0.2, 0) is 6.61 Å². The second kappa shape index (κ2) is 4.68. The second-order valence-corrected chi connectivity index (χ2v) is 4.58. The van der Waals surface area contributed by atoms with Gasteiger partial charge in [0.2, 0.25) is 0 Å². The van der Waals surface area contributed by atoms with Crippen LogP contribution in [0.15, 0.2) is 29.6 Å². The molecule has 0 aliphatic heterocycles. The summed E-state index contributed by atoms with van der Waals surface area (Å²) in [5, 5.41) is 11.4. The maximum absolute atomic E-state index is 9.25. The van der Waals surface area contributed by atoms with Crippen LogP contribution in [0.1, 0.15) is 11.1 Å². The highest BCUT2D eigenvalue weighted by molar-refractivity contribution is 7.13. The van der Waals surface area contributed by atoms with Gasteiger partial charge in [0.25, 0.3) is 0 Å². The smallest absolute Gasteiger partial charge is 0.124 e. The summed E-state index contributed by atoms with van der Waals surface area (Å²) < 4.78 is 5.18. The number of rotatable bonds is 3. The van der Waals surface area contributed by atoms with Gasteiger partial charge in [-0.1, -0.05) is 0 Å². The van der Waals surface area contributed by atoms with E-state index in [4.69, 9.17) is 4.74 Å². The van der Waals surface area contributed by atoms with Gasteiger partial charge in [0.05, 0.1) is 13.7 Å². The van der Waals surface area contributed by atoms with Gasteiger partial charge in [-0.05, 0) is 47.7 Å². The van der Waals surface area contributed by atoms with E-state index < -0.39 is 0 Å². The topological polar surface area (TPSA) is 29.5 Å². The van der Waals surface area contributed by atoms with E-state index in [0.717, 1.165) is 16.9 Å². The summed E-state index contributed by atoms with van der Waals surface area (Å²) in [6.07, 6.45) is 0. The van der Waals surface area contributed by atoms with Gasteiger partial charge < -0.3 is 9.84 Å². The zero-order valence-electron chi connectivity index (χ0n) is 9.36. The number of methoxy groups -OCH3 is 1. The molecule has 1 heterocycles. The number of hydrogen-bond acceptors (Lipinski definition) is 3. The molecule has 0 spiro atoms. The molecule has 1 aromatic heterocycles. The molecule has 2 nitrogen and oxygen atoms in total. The Kier molecular flexibility index (Phi) is 3.27. The maximum atomic E-state index is 9.25. The molecule has 1 aromatic carbocycles. The SMILES string of the molecule is COc1ccc(-c2cc(C)cs2)cc1CO. The van der Waals surface area contributed by atoms with Crippen LogP contribution in [0.4, 0.5) is 0 Å². The van der Waals surface area contributed by atoms with Gasteiger partial charge in [-0.15, -0.1) is 11.3 Å². The highest BCUT2D eigenvalue weighted by atomic mass is 32.1. The molecule has 0 fully saturated rings. The molecule has 0 amide bonds. The molecule has 0 radical (unpaired) electrons. The van der Waals surface area contributed by atoms with E-state index >= 15 is 0 Å². The van der Waals surface area contributed by atoms with E-state index in [2.05, 4.69) is 18.4 Å². The van der Waals surface area contributed by atoms with Gasteiger partial charge in [-0.3, -0.25) is 0 Å². The maximum Gasteiger partial charge on any atom is 0.124 e. The van der Waals surface area contributed by atoms with Gasteiger partial charge in [0.1, 0.15) is 5.75 Å². The van der Waals surface area contributed by atoms with Gasteiger partial charge in [-0.25, -0.2) is 0 Å². The van der Waals surface area contributed by atoms with Crippen molar-refractivity contribution in [2.24, 2.45) is 0 Å². The lowest BCUT2D eigenvalue weighted by atomic mass is 10.1. The second-order valence-electron chi connectivity index (χ2n) is 3.67. The molecule has 0 saturated heterocycles. The summed E-state index contributed by atoms with van der Waals surface area (Å²) in [4.78, 5) is 1.22. The molecule has 16 heavy (non-hydrogen) atoms. The molecule has 2 aromatic rings. The lowest BCUT2D eigenvalue weighted by molar-refractivity contribution is 0.274. The fourth-order valence-electron chi connectivity index (χ4n) is 1.64. The standard InChI is InChI=1S/C13H14O2S/c1-9-5-13(16-8-9)10-3-4-12(15-2)11(6-10)7-14/h3-6,8,14H,7H2,1-2H3. The molecule has 0 saturated carbocycles. The van der Waals surface area contributed by atoms with Crippen molar-refractivity contribution >= 4 is 11.3 Å². The van der Waals surface area contributed by atoms with E-state index in [1.54, 1.807) is 18.4 Å². The molecular formula is C13H14O2S. The lowest BCUT2D eigenvalue weighted by Gasteiger charge is -2.07. The van der Waals surface area contributed by atoms with E-state index in [0.29, 0.717) is 0 Å². The third-order valence-corrected chi connectivity index (χ3v) is 3.56. The van der Waals surface area contributed by atoms with Crippen LogP contribution < -0.4 is 4.74 Å². The van der Waals surface area contributed by atoms with Crippen molar-refractivity contribution in [1.82, 2.24) is 0 Å². The highest BCUT2D eigenvalue weighted by Gasteiger charge is 2.06. The predicted molar refractivity (Wildman–Crippen MR) is 67.0 cm³/mol. The minimum Gasteiger partial charge on any atom is -0.496 e. The van der Waals surface area contributed by atoms with Crippen molar-refractivity contribution in [2.45, 2.75) is 13.5 Å². The van der Waals surface area contributed by atoms with Crippen LogP contribution in [0, 0.1) is 6.92 Å². The molecular weight excluding hydrogens is 220 g/mol. The molecule has 0 unspecified atom stereocenters. The molecule has 0 atom stereocenters. The third-order valence-electron chi connectivity index (χ3n) is 2.47. The average Bonchev–Trinajstić information content (AvgIpc) is 2.75. The monoisotopic (exact) mass is 234 g/mol. The van der Waals surface area contributed by atoms with Crippen LogP contribution in [0.25, 0.3) is 10.4 Å². The summed E-state index contributed by atoms with van der Waals surface area (Å²) in [5.41, 5.74) is 3.22. The predicted octanol–water partition coefficient (Wildman–Crippen LogP) is 3.22. The van der Waals surface area contributed by atoms with Crippen LogP contribution in [0.3, 0.4) is 0 Å². The normalized spacial score (nSPS) is 10.4. The lowest BCUT2D eigenvalue weighted by Crippen LogP contribution is -1.91. The zero-order chi connectivity index (χ0) is 11.5. The number of benzene rings is 1. The van der Waals surface area contributed by atoms with Crippen LogP contribution in [0.5, 0.6) is 5.75 Å². The summed E-state index contributed by atoms with van der Waals surface area (Å²) >= 11 is 1.71. The Balaban J connectivity index is 2.43. The summed E-state index contributed by atoms with van der Waals surface area (Å²) in [6.45, 7) is 2.08. The summed E-state index contributed by atoms with van der Waals surface area (Å²) in [5.74, 6) is 0.736. The molecule has 0 bridgehead atoms. The fourth-order valence-corrected chi connectivity index (χ4v) is 2.54. The van der Waals surface area contributed by atoms with E-state index in [1.165, 1.54) is 10.4 Å². The van der Waals surface area contributed by atoms with Crippen LogP contribution in [-0.4, -0.2) is 12.2 Å². The third kappa shape index (κ3) is 2.10. The Morgan fingerprint density at radius 3 is 2.69 bits per heavy atom. The molecule has 84 valence electrons. The molecule has 1 N–H and O–H groups in total. The Hall–Kier alpha value is -1.32. The molecule has 0 aliphatic rings. The number of aliphatic hydroxyl groups excluding tert-OH is 1. The zero-order valence-corrected chi connectivity index (χ0v) is 10.2. The first-order valence-electron chi connectivity index (χ1n) is 5.08. The first-order chi connectivity index (χ1) is 7.74. The Morgan fingerprint density at radius 1 is 1.31 bits per heavy atom. The van der Waals surface area contributed by atoms with Crippen LogP contribution in [0.2, 0.25) is 0 Å². The van der Waals surface area contributed by atoms with Crippen molar-refractivity contribution < 1.29 is 9.84 Å². The van der Waals surface area contributed by atoms with Crippen molar-refractivity contribution in [1.29, 1.82) is 0 Å². The van der Waals surface area contributed by atoms with Gasteiger partial charge in [-0.2, -0.15) is 0 Å². The minimum absolute atomic E-state index is 0.00136. The van der Waals surface area contributed by atoms with E-state index in [-0.39, 0.29) is 6.61 Å². The highest BCUT2D eigenvalue weighted by Crippen LogP contribution is 2.30. The van der Waals surface area contributed by atoms with Crippen molar-refractivity contribution in [3.05, 3.63) is 40.8 Å². The Morgan fingerprint density at radius 2 is 2.12 bits per heavy atom.